The van der Waals surface area contributed by atoms with Crippen LogP contribution in [0.25, 0.3) is 0 Å². The predicted octanol–water partition coefficient (Wildman–Crippen LogP) is 5.76. The third-order valence-corrected chi connectivity index (χ3v) is 8.94. The van der Waals surface area contributed by atoms with Crippen LogP contribution in [0.3, 0.4) is 0 Å². The maximum Gasteiger partial charge on any atom is 0.305 e. The van der Waals surface area contributed by atoms with Gasteiger partial charge >= 0.3 is 5.97 Å². The van der Waals surface area contributed by atoms with Crippen LogP contribution in [0, 0.1) is 5.92 Å². The van der Waals surface area contributed by atoms with Gasteiger partial charge in [0.25, 0.3) is 5.91 Å². The van der Waals surface area contributed by atoms with E-state index in [9.17, 15) is 9.59 Å². The second kappa shape index (κ2) is 13.5. The van der Waals surface area contributed by atoms with Crippen molar-refractivity contribution in [2.75, 3.05) is 19.9 Å². The summed E-state index contributed by atoms with van der Waals surface area (Å²) in [6, 6.07) is 16.9. The molecule has 0 radical (unpaired) electrons. The van der Waals surface area contributed by atoms with E-state index < -0.39 is 0 Å². The number of carbonyl (C=O) groups excluding carboxylic acids is 2. The molecule has 0 aliphatic carbocycles. The number of hydrogen-bond acceptors (Lipinski definition) is 7. The average Bonchev–Trinajstić information content (AvgIpc) is 3.74. The lowest BCUT2D eigenvalue weighted by molar-refractivity contribution is -0.140. The second-order valence-corrected chi connectivity index (χ2v) is 11.5. The van der Waals surface area contributed by atoms with Crippen LogP contribution in [0.1, 0.15) is 71.1 Å². The zero-order valence-electron chi connectivity index (χ0n) is 23.3. The fourth-order valence-corrected chi connectivity index (χ4v) is 6.46. The number of aromatic nitrogens is 1. The molecular formula is C32H38N2O5S. The van der Waals surface area contributed by atoms with Gasteiger partial charge in [-0.15, -0.1) is 11.8 Å². The van der Waals surface area contributed by atoms with Gasteiger partial charge in [0.2, 0.25) is 5.89 Å². The standard InChI is InChI=1S/C32H38N2O5S/c1-37-29(35)17-12-22-8-3-4-9-23(22)19-25-27-15-16-28(39-27)30(25)32-34-26(20-38-32)31(36)33-18-6-5-7-21-10-13-24(40-2)14-11-21/h3-4,8-11,13-14,20,25,27-28,30H,5-7,12,15-19H2,1-2H3,(H,33,36)/t25-,27-,28+,30-/m0/s1. The summed E-state index contributed by atoms with van der Waals surface area (Å²) in [7, 11) is 1.42. The highest BCUT2D eigenvalue weighted by Crippen LogP contribution is 2.50. The Morgan fingerprint density at radius 3 is 2.58 bits per heavy atom. The summed E-state index contributed by atoms with van der Waals surface area (Å²) in [4.78, 5) is 30.4. The maximum absolute atomic E-state index is 12.8. The number of thioether (sulfide) groups is 1. The number of oxazole rings is 1. The Morgan fingerprint density at radius 2 is 1.80 bits per heavy atom. The van der Waals surface area contributed by atoms with Gasteiger partial charge < -0.3 is 19.2 Å². The average molecular weight is 563 g/mol. The lowest BCUT2D eigenvalue weighted by Crippen LogP contribution is -2.28. The van der Waals surface area contributed by atoms with Gasteiger partial charge in [0.15, 0.2) is 5.69 Å². The molecule has 0 spiro atoms. The van der Waals surface area contributed by atoms with Gasteiger partial charge in [-0.3, -0.25) is 9.59 Å². The molecule has 3 heterocycles. The van der Waals surface area contributed by atoms with E-state index in [2.05, 4.69) is 53.0 Å². The van der Waals surface area contributed by atoms with Crippen LogP contribution in [0.4, 0.5) is 0 Å². The molecule has 4 atom stereocenters. The number of nitrogens with one attached hydrogen (secondary N) is 1. The largest absolute Gasteiger partial charge is 0.469 e. The van der Waals surface area contributed by atoms with Gasteiger partial charge in [-0.1, -0.05) is 36.4 Å². The SMILES string of the molecule is COC(=O)CCc1ccccc1C[C@@H]1[C@H](c2nc(C(=O)NCCCCc3ccc(SC)cc3)co2)[C@H]2CC[C@@H]1O2. The Bertz CT molecular complexity index is 1290. The minimum absolute atomic E-state index is 0.00598. The van der Waals surface area contributed by atoms with Crippen molar-refractivity contribution in [1.82, 2.24) is 10.3 Å². The highest BCUT2D eigenvalue weighted by Gasteiger charge is 2.51. The van der Waals surface area contributed by atoms with E-state index in [1.165, 1.54) is 29.4 Å². The number of esters is 1. The molecule has 2 aliphatic heterocycles. The van der Waals surface area contributed by atoms with Crippen LogP contribution in [0.15, 0.2) is 64.1 Å². The quantitative estimate of drug-likeness (QED) is 0.161. The van der Waals surface area contributed by atoms with Crippen molar-refractivity contribution in [3.63, 3.8) is 0 Å². The molecule has 8 heteroatoms. The number of nitrogens with zero attached hydrogens (tertiary/aromatic N) is 1. The molecule has 3 aromatic rings. The second-order valence-electron chi connectivity index (χ2n) is 10.7. The van der Waals surface area contributed by atoms with Crippen LogP contribution in [0.5, 0.6) is 0 Å². The molecule has 40 heavy (non-hydrogen) atoms. The molecule has 1 aromatic heterocycles. The van der Waals surface area contributed by atoms with E-state index in [0.29, 0.717) is 31.0 Å². The number of fused-ring (bicyclic) bond motifs is 2. The Labute approximate surface area is 240 Å². The van der Waals surface area contributed by atoms with Gasteiger partial charge in [-0.25, -0.2) is 4.98 Å². The summed E-state index contributed by atoms with van der Waals surface area (Å²) in [6.45, 7) is 0.603. The molecular weight excluding hydrogens is 524 g/mol. The number of unbranched alkanes of at least 4 members (excludes halogenated alkanes) is 1. The monoisotopic (exact) mass is 562 g/mol. The number of benzene rings is 2. The molecule has 212 valence electrons. The van der Waals surface area contributed by atoms with E-state index in [1.54, 1.807) is 11.8 Å². The van der Waals surface area contributed by atoms with Crippen molar-refractivity contribution in [3.8, 4) is 0 Å². The third-order valence-electron chi connectivity index (χ3n) is 8.20. The van der Waals surface area contributed by atoms with E-state index in [4.69, 9.17) is 13.9 Å². The van der Waals surface area contributed by atoms with Crippen LogP contribution in [-0.4, -0.2) is 49.0 Å². The van der Waals surface area contributed by atoms with Crippen LogP contribution in [-0.2, 0) is 33.5 Å². The summed E-state index contributed by atoms with van der Waals surface area (Å²) in [5.74, 6) is 0.391. The number of hydrogen-bond donors (Lipinski definition) is 1. The molecule has 2 aromatic carbocycles. The number of aryl methyl sites for hydroxylation is 2. The highest BCUT2D eigenvalue weighted by molar-refractivity contribution is 7.98. The number of ether oxygens (including phenoxy) is 2. The number of methoxy groups -OCH3 is 1. The normalized spacial score (nSPS) is 21.4. The summed E-state index contributed by atoms with van der Waals surface area (Å²) in [5.41, 5.74) is 4.00. The summed E-state index contributed by atoms with van der Waals surface area (Å²) in [6.07, 6.45) is 10.5. The van der Waals surface area contributed by atoms with Crippen LogP contribution in [0.2, 0.25) is 0 Å². The molecule has 1 N–H and O–H groups in total. The fraction of sp³-hybridized carbons (Fsp3) is 0.469. The Morgan fingerprint density at radius 1 is 1.02 bits per heavy atom. The van der Waals surface area contributed by atoms with Crippen molar-refractivity contribution in [1.29, 1.82) is 0 Å². The molecule has 2 bridgehead atoms. The molecule has 2 fully saturated rings. The van der Waals surface area contributed by atoms with Gasteiger partial charge in [0.05, 0.1) is 25.2 Å². The van der Waals surface area contributed by atoms with Crippen LogP contribution >= 0.6 is 11.8 Å². The minimum atomic E-state index is -0.206. The lowest BCUT2D eigenvalue weighted by atomic mass is 9.75. The van der Waals surface area contributed by atoms with Gasteiger partial charge in [-0.2, -0.15) is 0 Å². The third kappa shape index (κ3) is 6.78. The van der Waals surface area contributed by atoms with Crippen molar-refractivity contribution in [2.45, 2.75) is 74.4 Å². The Kier molecular flexibility index (Phi) is 9.60. The van der Waals surface area contributed by atoms with Crippen molar-refractivity contribution < 1.29 is 23.5 Å². The summed E-state index contributed by atoms with van der Waals surface area (Å²) >= 11 is 1.75. The fourth-order valence-electron chi connectivity index (χ4n) is 6.05. The van der Waals surface area contributed by atoms with E-state index in [1.807, 2.05) is 12.1 Å². The topological polar surface area (TPSA) is 90.7 Å². The van der Waals surface area contributed by atoms with Gasteiger partial charge in [-0.05, 0) is 80.0 Å². The van der Waals surface area contributed by atoms with Gasteiger partial charge in [0, 0.05) is 23.8 Å². The zero-order chi connectivity index (χ0) is 27.9. The summed E-state index contributed by atoms with van der Waals surface area (Å²) < 4.78 is 17.0. The maximum atomic E-state index is 12.8. The van der Waals surface area contributed by atoms with E-state index >= 15 is 0 Å². The van der Waals surface area contributed by atoms with Crippen molar-refractivity contribution in [3.05, 3.63) is 83.1 Å². The first-order valence-electron chi connectivity index (χ1n) is 14.2. The predicted molar refractivity (Wildman–Crippen MR) is 155 cm³/mol. The molecule has 7 nitrogen and oxygen atoms in total. The van der Waals surface area contributed by atoms with E-state index in [-0.39, 0.29) is 35.9 Å². The summed E-state index contributed by atoms with van der Waals surface area (Å²) in [5, 5.41) is 2.99. The molecule has 2 aliphatic rings. The zero-order valence-corrected chi connectivity index (χ0v) is 24.1. The molecule has 0 saturated carbocycles. The number of amides is 1. The first kappa shape index (κ1) is 28.4. The smallest absolute Gasteiger partial charge is 0.305 e. The van der Waals surface area contributed by atoms with E-state index in [0.717, 1.165) is 44.1 Å². The molecule has 5 rings (SSSR count). The molecule has 1 amide bonds. The molecule has 2 saturated heterocycles. The Hall–Kier alpha value is -3.10. The number of carbonyl (C=O) groups is 2. The Balaban J connectivity index is 1.16. The van der Waals surface area contributed by atoms with Crippen molar-refractivity contribution >= 4 is 23.6 Å². The minimum Gasteiger partial charge on any atom is -0.469 e. The highest BCUT2D eigenvalue weighted by atomic mass is 32.2. The first-order chi connectivity index (χ1) is 19.6. The molecule has 0 unspecified atom stereocenters. The van der Waals surface area contributed by atoms with Crippen LogP contribution < -0.4 is 5.32 Å². The van der Waals surface area contributed by atoms with Crippen molar-refractivity contribution in [2.24, 2.45) is 5.92 Å². The lowest BCUT2D eigenvalue weighted by Gasteiger charge is -2.26. The van der Waals surface area contributed by atoms with Gasteiger partial charge in [0.1, 0.15) is 6.26 Å². The number of rotatable bonds is 13. The first-order valence-corrected chi connectivity index (χ1v) is 15.4.